The van der Waals surface area contributed by atoms with Crippen molar-refractivity contribution in [3.05, 3.63) is 36.8 Å². The Hall–Kier alpha value is -1.75. The maximum Gasteiger partial charge on any atom is 0.227 e. The van der Waals surface area contributed by atoms with E-state index in [2.05, 4.69) is 15.4 Å². The predicted octanol–water partition coefficient (Wildman–Crippen LogP) is 2.61. The second-order valence-electron chi connectivity index (χ2n) is 9.27. The van der Waals surface area contributed by atoms with Crippen LogP contribution in [0.3, 0.4) is 0 Å². The van der Waals surface area contributed by atoms with E-state index in [0.29, 0.717) is 24.2 Å². The molecule has 10 heteroatoms. The summed E-state index contributed by atoms with van der Waals surface area (Å²) in [6.45, 7) is 0. The van der Waals surface area contributed by atoms with E-state index >= 15 is 0 Å². The molecule has 182 valence electrons. The van der Waals surface area contributed by atoms with E-state index in [9.17, 15) is 18.7 Å². The van der Waals surface area contributed by atoms with Gasteiger partial charge in [0, 0.05) is 43.7 Å². The number of nitrogens with one attached hydrogen (secondary N) is 1. The molecule has 7 atom stereocenters. The highest BCUT2D eigenvalue weighted by Crippen LogP contribution is 2.40. The zero-order chi connectivity index (χ0) is 23.5. The minimum Gasteiger partial charge on any atom is -0.388 e. The number of hydrogen-bond donors (Lipinski definition) is 3. The van der Waals surface area contributed by atoms with E-state index in [1.54, 1.807) is 25.4 Å². The summed E-state index contributed by atoms with van der Waals surface area (Å²) in [5, 5.41) is 15.7. The van der Waals surface area contributed by atoms with Crippen molar-refractivity contribution in [3.63, 3.8) is 0 Å². The first-order chi connectivity index (χ1) is 15.9. The number of hydrazone groups is 1. The summed E-state index contributed by atoms with van der Waals surface area (Å²) in [4.78, 5) is 15.6. The molecule has 0 aromatic rings. The monoisotopic (exact) mass is 481 g/mol. The van der Waals surface area contributed by atoms with Crippen molar-refractivity contribution in [2.24, 2.45) is 22.7 Å². The number of allylic oxidation sites excluding steroid dienone is 2. The summed E-state index contributed by atoms with van der Waals surface area (Å²) in [5.74, 6) is -0.807. The molecule has 2 fully saturated rings. The van der Waals surface area contributed by atoms with Gasteiger partial charge in [-0.05, 0) is 31.8 Å². The molecule has 4 aliphatic rings. The molecular weight excluding hydrogens is 448 g/mol. The number of nitrogens with zero attached hydrogens (tertiary/aromatic N) is 3. The minimum absolute atomic E-state index is 0.00150. The van der Waals surface area contributed by atoms with Crippen LogP contribution in [0.4, 0.5) is 8.78 Å². The lowest BCUT2D eigenvalue weighted by molar-refractivity contribution is -0.128. The molecule has 2 heterocycles. The molecule has 0 saturated heterocycles. The van der Waals surface area contributed by atoms with Gasteiger partial charge < -0.3 is 15.7 Å². The number of carbonyl (C=O) groups excluding carboxylic acids is 1. The minimum atomic E-state index is -1.09. The second-order valence-corrected chi connectivity index (χ2v) is 10.4. The molecule has 4 rings (SSSR count). The third kappa shape index (κ3) is 5.67. The predicted molar refractivity (Wildman–Crippen MR) is 126 cm³/mol. The molecule has 0 aromatic carbocycles. The third-order valence-corrected chi connectivity index (χ3v) is 7.98. The SMILES string of the molecule is CN1C=CC(C=CC(O)C(C=CF)C2=NNC(N(C3CC3)C3CCCC(N)C3F)S2)CC1=O. The fourth-order valence-corrected chi connectivity index (χ4v) is 5.99. The number of nitrogens with two attached hydrogens (primary N) is 1. The summed E-state index contributed by atoms with van der Waals surface area (Å²) < 4.78 is 28.2. The summed E-state index contributed by atoms with van der Waals surface area (Å²) >= 11 is 1.39. The molecule has 2 aliphatic heterocycles. The molecule has 4 N–H and O–H groups in total. The second kappa shape index (κ2) is 10.7. The number of aliphatic hydroxyl groups excluding tert-OH is 1. The van der Waals surface area contributed by atoms with Crippen molar-refractivity contribution in [1.29, 1.82) is 0 Å². The Balaban J connectivity index is 1.42. The lowest BCUT2D eigenvalue weighted by atomic mass is 9.88. The maximum absolute atomic E-state index is 15.0. The molecule has 1 amide bonds. The zero-order valence-electron chi connectivity index (χ0n) is 18.8. The fraction of sp³-hybridized carbons (Fsp3) is 0.652. The number of hydrogen-bond acceptors (Lipinski definition) is 7. The lowest BCUT2D eigenvalue weighted by Crippen LogP contribution is -2.57. The number of thioether (sulfide) groups is 1. The van der Waals surface area contributed by atoms with Crippen LogP contribution in [0.5, 0.6) is 0 Å². The van der Waals surface area contributed by atoms with Crippen LogP contribution in [0.2, 0.25) is 0 Å². The summed E-state index contributed by atoms with van der Waals surface area (Å²) in [6, 6.07) is -0.437. The van der Waals surface area contributed by atoms with Crippen molar-refractivity contribution in [1.82, 2.24) is 15.2 Å². The smallest absolute Gasteiger partial charge is 0.227 e. The van der Waals surface area contributed by atoms with Crippen molar-refractivity contribution >= 4 is 22.7 Å². The summed E-state index contributed by atoms with van der Waals surface area (Å²) in [5.41, 5.74) is 8.83. The Bertz CT molecular complexity index is 834. The molecule has 7 unspecified atom stereocenters. The number of aliphatic hydroxyl groups is 1. The number of alkyl halides is 1. The van der Waals surface area contributed by atoms with Crippen LogP contribution in [0.25, 0.3) is 0 Å². The number of halogens is 2. The molecular formula is C23H33F2N5O2S. The molecule has 0 aromatic heterocycles. The highest BCUT2D eigenvalue weighted by atomic mass is 32.2. The van der Waals surface area contributed by atoms with Gasteiger partial charge in [0.25, 0.3) is 0 Å². The van der Waals surface area contributed by atoms with E-state index in [-0.39, 0.29) is 29.4 Å². The largest absolute Gasteiger partial charge is 0.388 e. The fourth-order valence-electron chi connectivity index (χ4n) is 4.72. The lowest BCUT2D eigenvalue weighted by Gasteiger charge is -2.41. The van der Waals surface area contributed by atoms with Gasteiger partial charge in [0.15, 0.2) is 0 Å². The Kier molecular flexibility index (Phi) is 7.88. The molecule has 2 aliphatic carbocycles. The number of rotatable bonds is 8. The van der Waals surface area contributed by atoms with E-state index in [4.69, 9.17) is 5.73 Å². The molecule has 33 heavy (non-hydrogen) atoms. The highest BCUT2D eigenvalue weighted by molar-refractivity contribution is 8.14. The van der Waals surface area contributed by atoms with Gasteiger partial charge in [0.2, 0.25) is 5.91 Å². The number of amides is 1. The molecule has 0 bridgehead atoms. The van der Waals surface area contributed by atoms with Crippen LogP contribution >= 0.6 is 11.8 Å². The Morgan fingerprint density at radius 2 is 2.15 bits per heavy atom. The molecule has 2 saturated carbocycles. The average molecular weight is 482 g/mol. The van der Waals surface area contributed by atoms with Crippen LogP contribution in [0.1, 0.15) is 38.5 Å². The van der Waals surface area contributed by atoms with Gasteiger partial charge >= 0.3 is 0 Å². The molecule has 7 nitrogen and oxygen atoms in total. The van der Waals surface area contributed by atoms with Gasteiger partial charge in [-0.25, -0.2) is 8.78 Å². The summed E-state index contributed by atoms with van der Waals surface area (Å²) in [7, 11) is 1.70. The average Bonchev–Trinajstić information content (AvgIpc) is 3.52. The van der Waals surface area contributed by atoms with Crippen molar-refractivity contribution in [2.45, 2.75) is 74.4 Å². The summed E-state index contributed by atoms with van der Waals surface area (Å²) in [6.07, 6.45) is 11.2. The highest BCUT2D eigenvalue weighted by Gasteiger charge is 2.46. The normalized spacial score (nSPS) is 34.8. The third-order valence-electron chi connectivity index (χ3n) is 6.80. The van der Waals surface area contributed by atoms with Gasteiger partial charge in [0.05, 0.1) is 18.4 Å². The molecule has 0 spiro atoms. The van der Waals surface area contributed by atoms with Gasteiger partial charge in [-0.15, -0.1) is 0 Å². The first-order valence-corrected chi connectivity index (χ1v) is 12.5. The van der Waals surface area contributed by atoms with Gasteiger partial charge in [-0.1, -0.05) is 36.4 Å². The van der Waals surface area contributed by atoms with E-state index in [0.717, 1.165) is 25.7 Å². The maximum atomic E-state index is 15.0. The van der Waals surface area contributed by atoms with Crippen LogP contribution in [0.15, 0.2) is 41.9 Å². The molecule has 0 radical (unpaired) electrons. The first-order valence-electron chi connectivity index (χ1n) is 11.6. The first kappa shape index (κ1) is 24.4. The van der Waals surface area contributed by atoms with Gasteiger partial charge in [-0.2, -0.15) is 5.10 Å². The topological polar surface area (TPSA) is 94.2 Å². The van der Waals surface area contributed by atoms with E-state index < -0.39 is 24.2 Å². The Morgan fingerprint density at radius 1 is 1.36 bits per heavy atom. The van der Waals surface area contributed by atoms with Crippen molar-refractivity contribution in [3.8, 4) is 0 Å². The zero-order valence-corrected chi connectivity index (χ0v) is 19.6. The quantitative estimate of drug-likeness (QED) is 0.462. The van der Waals surface area contributed by atoms with Crippen LogP contribution in [-0.2, 0) is 4.79 Å². The van der Waals surface area contributed by atoms with E-state index in [1.165, 1.54) is 22.7 Å². The Labute approximate surface area is 197 Å². The van der Waals surface area contributed by atoms with Crippen molar-refractivity contribution < 1.29 is 18.7 Å². The van der Waals surface area contributed by atoms with Gasteiger partial charge in [0.1, 0.15) is 16.7 Å². The van der Waals surface area contributed by atoms with Crippen LogP contribution in [-0.4, -0.2) is 68.8 Å². The Morgan fingerprint density at radius 3 is 2.85 bits per heavy atom. The van der Waals surface area contributed by atoms with Crippen LogP contribution in [0, 0.1) is 11.8 Å². The standard InChI is InChI=1S/C23H33F2N5O2S/c1-29-12-10-14(13-20(29)32)5-8-19(31)16(9-11-24)22-27-28-23(33-22)30(15-6-7-15)18-4-2-3-17(26)21(18)25/h5,8-12,14-19,21,23,28,31H,2-4,6-7,13,26H2,1H3. The van der Waals surface area contributed by atoms with Gasteiger partial charge in [-0.3, -0.25) is 15.1 Å². The van der Waals surface area contributed by atoms with E-state index in [1.807, 2.05) is 6.08 Å². The van der Waals surface area contributed by atoms with Crippen molar-refractivity contribution in [2.75, 3.05) is 7.05 Å². The van der Waals surface area contributed by atoms with Crippen LogP contribution < -0.4 is 11.2 Å². The number of carbonyl (C=O) groups is 1.